The van der Waals surface area contributed by atoms with Crippen LogP contribution in [0.1, 0.15) is 6.92 Å². The highest BCUT2D eigenvalue weighted by Crippen LogP contribution is 1.80. The van der Waals surface area contributed by atoms with Gasteiger partial charge in [0.2, 0.25) is 0 Å². The fraction of sp³-hybridized carbons (Fsp3) is 1.00. The molecule has 1 unspecified atom stereocenters. The van der Waals surface area contributed by atoms with Crippen molar-refractivity contribution >= 4 is 0 Å². The minimum atomic E-state index is -0.713. The monoisotopic (exact) mass is 91.1 g/mol. The van der Waals surface area contributed by atoms with Gasteiger partial charge < -0.3 is 5.32 Å². The molecule has 0 amide bonds. The number of hydrogen-bond acceptors (Lipinski definition) is 1. The average Bonchev–Trinajstić information content (AvgIpc) is 1.35. The molecule has 38 valence electrons. The lowest BCUT2D eigenvalue weighted by Gasteiger charge is -1.94. The van der Waals surface area contributed by atoms with Crippen molar-refractivity contribution < 1.29 is 4.39 Å². The van der Waals surface area contributed by atoms with Gasteiger partial charge in [-0.05, 0) is 14.0 Å². The third-order valence-electron chi connectivity index (χ3n) is 0.485. The Hall–Kier alpha value is -0.110. The van der Waals surface area contributed by atoms with E-state index < -0.39 is 6.17 Å². The van der Waals surface area contributed by atoms with E-state index in [0.29, 0.717) is 6.54 Å². The summed E-state index contributed by atoms with van der Waals surface area (Å²) in [6.45, 7) is 1.98. The lowest BCUT2D eigenvalue weighted by atomic mass is 10.4. The van der Waals surface area contributed by atoms with Crippen LogP contribution >= 0.6 is 0 Å². The Morgan fingerprint density at radius 3 is 2.33 bits per heavy atom. The summed E-state index contributed by atoms with van der Waals surface area (Å²) >= 11 is 0. The van der Waals surface area contributed by atoms with E-state index in [2.05, 4.69) is 5.32 Å². The molecular formula is C4H10FN. The van der Waals surface area contributed by atoms with Gasteiger partial charge in [0.1, 0.15) is 6.17 Å². The van der Waals surface area contributed by atoms with Crippen LogP contribution in [0.5, 0.6) is 0 Å². The maximum absolute atomic E-state index is 11.6. The standard InChI is InChI=1S/C4H10FN/c1-4(5)3-6-2/h4,6H,3H2,1-2H3. The highest BCUT2D eigenvalue weighted by atomic mass is 19.1. The lowest BCUT2D eigenvalue weighted by molar-refractivity contribution is 0.353. The van der Waals surface area contributed by atoms with E-state index in [9.17, 15) is 4.39 Å². The topological polar surface area (TPSA) is 12.0 Å². The normalized spacial score (nSPS) is 14.5. The number of alkyl halides is 1. The van der Waals surface area contributed by atoms with Gasteiger partial charge in [0, 0.05) is 6.54 Å². The second-order valence-corrected chi connectivity index (χ2v) is 1.34. The molecule has 0 aromatic carbocycles. The molecule has 0 saturated heterocycles. The van der Waals surface area contributed by atoms with Crippen LogP contribution in [0.3, 0.4) is 0 Å². The van der Waals surface area contributed by atoms with Crippen LogP contribution in [0.15, 0.2) is 0 Å². The Balaban J connectivity index is 2.63. The molecule has 2 heteroatoms. The predicted octanol–water partition coefficient (Wildman–Crippen LogP) is 0.564. The summed E-state index contributed by atoms with van der Waals surface area (Å²) in [6, 6.07) is 0. The van der Waals surface area contributed by atoms with Crippen molar-refractivity contribution in [3.63, 3.8) is 0 Å². The Bertz CT molecular complexity index is 28.7. The van der Waals surface area contributed by atoms with Crippen LogP contribution < -0.4 is 5.32 Å². The van der Waals surface area contributed by atoms with Crippen LogP contribution in [0, 0.1) is 0 Å². The van der Waals surface area contributed by atoms with E-state index in [1.54, 1.807) is 7.05 Å². The summed E-state index contributed by atoms with van der Waals surface area (Å²) < 4.78 is 11.6. The van der Waals surface area contributed by atoms with E-state index in [1.165, 1.54) is 6.92 Å². The third kappa shape index (κ3) is 3.89. The lowest BCUT2D eigenvalue weighted by Crippen LogP contribution is -2.16. The van der Waals surface area contributed by atoms with Crippen molar-refractivity contribution in [2.24, 2.45) is 0 Å². The summed E-state index contributed by atoms with van der Waals surface area (Å²) in [6.07, 6.45) is -0.713. The summed E-state index contributed by atoms with van der Waals surface area (Å²) in [5.74, 6) is 0. The number of nitrogens with one attached hydrogen (secondary N) is 1. The zero-order chi connectivity index (χ0) is 4.99. The average molecular weight is 91.1 g/mol. The second-order valence-electron chi connectivity index (χ2n) is 1.34. The first-order valence-electron chi connectivity index (χ1n) is 2.06. The quantitative estimate of drug-likeness (QED) is 0.523. The fourth-order valence-electron chi connectivity index (χ4n) is 0.281. The Morgan fingerprint density at radius 2 is 2.33 bits per heavy atom. The molecule has 0 radical (unpaired) electrons. The number of halogens is 1. The first-order chi connectivity index (χ1) is 2.77. The number of rotatable bonds is 2. The molecule has 0 saturated carbocycles. The first kappa shape index (κ1) is 5.89. The maximum Gasteiger partial charge on any atom is 0.110 e. The van der Waals surface area contributed by atoms with Crippen molar-refractivity contribution in [3.05, 3.63) is 0 Å². The molecule has 0 bridgehead atoms. The molecule has 0 aromatic heterocycles. The van der Waals surface area contributed by atoms with E-state index in [1.807, 2.05) is 0 Å². The van der Waals surface area contributed by atoms with Gasteiger partial charge in [0.15, 0.2) is 0 Å². The second kappa shape index (κ2) is 3.09. The van der Waals surface area contributed by atoms with Crippen LogP contribution in [0.4, 0.5) is 4.39 Å². The van der Waals surface area contributed by atoms with Crippen molar-refractivity contribution in [2.45, 2.75) is 13.1 Å². The van der Waals surface area contributed by atoms with Crippen molar-refractivity contribution in [3.8, 4) is 0 Å². The highest BCUT2D eigenvalue weighted by Gasteiger charge is 1.89. The molecule has 0 heterocycles. The Morgan fingerprint density at radius 1 is 1.83 bits per heavy atom. The Kier molecular flexibility index (Phi) is 3.04. The molecule has 6 heavy (non-hydrogen) atoms. The van der Waals surface area contributed by atoms with Gasteiger partial charge in [-0.1, -0.05) is 0 Å². The smallest absolute Gasteiger partial charge is 0.110 e. The largest absolute Gasteiger partial charge is 0.317 e. The van der Waals surface area contributed by atoms with E-state index in [0.717, 1.165) is 0 Å². The maximum atomic E-state index is 11.6. The van der Waals surface area contributed by atoms with E-state index >= 15 is 0 Å². The van der Waals surface area contributed by atoms with Crippen LogP contribution in [-0.4, -0.2) is 19.8 Å². The number of hydrogen-bond donors (Lipinski definition) is 1. The zero-order valence-electron chi connectivity index (χ0n) is 4.16. The van der Waals surface area contributed by atoms with Crippen molar-refractivity contribution in [1.82, 2.24) is 5.32 Å². The molecule has 0 aliphatic rings. The molecule has 0 aromatic rings. The Labute approximate surface area is 37.5 Å². The molecular weight excluding hydrogens is 81.0 g/mol. The summed E-state index contributed by atoms with van der Waals surface area (Å²) in [5, 5.41) is 2.69. The van der Waals surface area contributed by atoms with Crippen molar-refractivity contribution in [2.75, 3.05) is 13.6 Å². The first-order valence-corrected chi connectivity index (χ1v) is 2.06. The van der Waals surface area contributed by atoms with Crippen LogP contribution in [0.25, 0.3) is 0 Å². The third-order valence-corrected chi connectivity index (χ3v) is 0.485. The van der Waals surface area contributed by atoms with Crippen LogP contribution in [-0.2, 0) is 0 Å². The molecule has 1 N–H and O–H groups in total. The zero-order valence-corrected chi connectivity index (χ0v) is 4.16. The molecule has 0 aliphatic carbocycles. The van der Waals surface area contributed by atoms with Gasteiger partial charge in [-0.25, -0.2) is 4.39 Å². The van der Waals surface area contributed by atoms with E-state index in [-0.39, 0.29) is 0 Å². The van der Waals surface area contributed by atoms with Crippen molar-refractivity contribution in [1.29, 1.82) is 0 Å². The summed E-state index contributed by atoms with van der Waals surface area (Å²) in [7, 11) is 1.73. The molecule has 0 aliphatic heterocycles. The SMILES string of the molecule is CNCC(C)F. The van der Waals surface area contributed by atoms with E-state index in [4.69, 9.17) is 0 Å². The minimum absolute atomic E-state index is 0.458. The highest BCUT2D eigenvalue weighted by molar-refractivity contribution is 4.45. The fourth-order valence-corrected chi connectivity index (χ4v) is 0.281. The van der Waals surface area contributed by atoms with Gasteiger partial charge in [-0.15, -0.1) is 0 Å². The summed E-state index contributed by atoms with van der Waals surface area (Å²) in [4.78, 5) is 0. The van der Waals surface area contributed by atoms with Gasteiger partial charge in [0.05, 0.1) is 0 Å². The molecule has 0 rings (SSSR count). The van der Waals surface area contributed by atoms with Gasteiger partial charge in [-0.3, -0.25) is 0 Å². The van der Waals surface area contributed by atoms with Gasteiger partial charge >= 0.3 is 0 Å². The molecule has 0 fully saturated rings. The van der Waals surface area contributed by atoms with Gasteiger partial charge in [-0.2, -0.15) is 0 Å². The molecule has 0 spiro atoms. The predicted molar refractivity (Wildman–Crippen MR) is 24.5 cm³/mol. The minimum Gasteiger partial charge on any atom is -0.317 e. The van der Waals surface area contributed by atoms with Crippen LogP contribution in [0.2, 0.25) is 0 Å². The summed E-state index contributed by atoms with van der Waals surface area (Å²) in [5.41, 5.74) is 0. The molecule has 1 nitrogen and oxygen atoms in total. The van der Waals surface area contributed by atoms with Gasteiger partial charge in [0.25, 0.3) is 0 Å². The molecule has 1 atom stereocenters.